The molecular weight excluding hydrogens is 370 g/mol. The summed E-state index contributed by atoms with van der Waals surface area (Å²) < 4.78 is 0. The van der Waals surface area contributed by atoms with Gasteiger partial charge in [-0.2, -0.15) is 0 Å². The first kappa shape index (κ1) is 20.8. The van der Waals surface area contributed by atoms with E-state index in [0.717, 1.165) is 18.7 Å². The fraction of sp³-hybridized carbons (Fsp3) is 0.824. The van der Waals surface area contributed by atoms with Gasteiger partial charge in [0.25, 0.3) is 0 Å². The minimum atomic E-state index is 0. The van der Waals surface area contributed by atoms with Crippen LogP contribution in [0.25, 0.3) is 0 Å². The van der Waals surface area contributed by atoms with Crippen molar-refractivity contribution in [2.75, 3.05) is 0 Å². The predicted octanol–water partition coefficient (Wildman–Crippen LogP) is 4.17. The number of hydrogen-bond acceptors (Lipinski definition) is 1. The molecule has 3 heteroatoms. The van der Waals surface area contributed by atoms with Gasteiger partial charge in [-0.25, -0.2) is 4.98 Å². The van der Waals surface area contributed by atoms with Gasteiger partial charge in [-0.05, 0) is 12.8 Å². The van der Waals surface area contributed by atoms with Crippen molar-refractivity contribution in [3.63, 3.8) is 0 Å². The average molecular weight is 404 g/mol. The van der Waals surface area contributed by atoms with Gasteiger partial charge >= 0.3 is 48.9 Å². The van der Waals surface area contributed by atoms with Gasteiger partial charge in [0.1, 0.15) is 5.82 Å². The maximum absolute atomic E-state index is 4.98. The Morgan fingerprint density at radius 1 is 0.850 bits per heavy atom. The van der Waals surface area contributed by atoms with Gasteiger partial charge in [0, 0.05) is 21.9 Å². The molecule has 0 bridgehead atoms. The number of aromatic nitrogens is 2. The summed E-state index contributed by atoms with van der Waals surface area (Å²) in [5.41, 5.74) is 2.93. The van der Waals surface area contributed by atoms with E-state index in [1.54, 1.807) is 0 Å². The number of nitrogens with zero attached hydrogens (tertiary/aromatic N) is 1. The van der Waals surface area contributed by atoms with Crippen molar-refractivity contribution >= 4 is 48.9 Å². The number of hydrogen-bond donors (Lipinski definition) is 1. The standard InChI is InChI=1S/C17H32N2.Ba.2H/c1-10-16(6,7)12-13(17(8,9)11-2)19-14(18-12)15(3,4)5;;;/h10-11H2,1-9H3,(H,18,19);;;. The summed E-state index contributed by atoms with van der Waals surface area (Å²) >= 11 is 0. The Hall–Kier alpha value is 0.781. The van der Waals surface area contributed by atoms with E-state index in [-0.39, 0.29) is 65.1 Å². The van der Waals surface area contributed by atoms with E-state index in [9.17, 15) is 0 Å². The fourth-order valence-corrected chi connectivity index (χ4v) is 2.05. The molecule has 2 nitrogen and oxygen atoms in total. The van der Waals surface area contributed by atoms with Crippen LogP contribution in [0.5, 0.6) is 0 Å². The van der Waals surface area contributed by atoms with Gasteiger partial charge in [-0.1, -0.05) is 62.3 Å². The fourth-order valence-electron chi connectivity index (χ4n) is 2.05. The molecule has 114 valence electrons. The van der Waals surface area contributed by atoms with E-state index in [2.05, 4.69) is 67.3 Å². The normalized spacial score (nSPS) is 13.2. The van der Waals surface area contributed by atoms with Crippen LogP contribution in [-0.4, -0.2) is 58.8 Å². The molecule has 1 aromatic rings. The number of H-pyrrole nitrogens is 1. The molecule has 0 aromatic carbocycles. The first-order valence-electron chi connectivity index (χ1n) is 7.57. The Labute approximate surface area is 166 Å². The third-order valence-corrected chi connectivity index (χ3v) is 4.50. The van der Waals surface area contributed by atoms with Gasteiger partial charge in [0.15, 0.2) is 0 Å². The van der Waals surface area contributed by atoms with Crippen molar-refractivity contribution in [3.8, 4) is 0 Å². The molecule has 0 aliphatic carbocycles. The number of rotatable bonds is 4. The molecule has 1 aromatic heterocycles. The van der Waals surface area contributed by atoms with Gasteiger partial charge < -0.3 is 4.98 Å². The quantitative estimate of drug-likeness (QED) is 0.751. The Balaban J connectivity index is 0.00000361. The molecule has 0 aliphatic heterocycles. The molecule has 0 unspecified atom stereocenters. The monoisotopic (exact) mass is 404 g/mol. The summed E-state index contributed by atoms with van der Waals surface area (Å²) in [6.45, 7) is 20.4. The molecule has 0 aliphatic rings. The SMILES string of the molecule is CCC(C)(C)c1nc(C(C)(C)C)[nH]c1C(C)(C)CC.[BaH2]. The molecular formula is C17H34BaN2. The molecule has 0 saturated heterocycles. The minimum absolute atomic E-state index is 0. The van der Waals surface area contributed by atoms with Gasteiger partial charge in [0.2, 0.25) is 0 Å². The van der Waals surface area contributed by atoms with E-state index in [0.29, 0.717) is 0 Å². The molecule has 0 atom stereocenters. The zero-order chi connectivity index (χ0) is 15.1. The Bertz CT molecular complexity index is 403. The summed E-state index contributed by atoms with van der Waals surface area (Å²) in [4.78, 5) is 8.62. The van der Waals surface area contributed by atoms with E-state index >= 15 is 0 Å². The van der Waals surface area contributed by atoms with Crippen LogP contribution in [0.15, 0.2) is 0 Å². The van der Waals surface area contributed by atoms with Crippen LogP contribution in [0, 0.1) is 0 Å². The number of aromatic amines is 1. The summed E-state index contributed by atoms with van der Waals surface area (Å²) in [6.07, 6.45) is 2.22. The second-order valence-corrected chi connectivity index (χ2v) is 8.03. The van der Waals surface area contributed by atoms with Crippen molar-refractivity contribution in [2.45, 2.75) is 91.4 Å². The van der Waals surface area contributed by atoms with Crippen LogP contribution in [0.2, 0.25) is 0 Å². The van der Waals surface area contributed by atoms with Crippen LogP contribution in [0.3, 0.4) is 0 Å². The van der Waals surface area contributed by atoms with Crippen LogP contribution in [-0.2, 0) is 16.2 Å². The van der Waals surface area contributed by atoms with Gasteiger partial charge in [-0.15, -0.1) is 0 Å². The maximum atomic E-state index is 4.98. The van der Waals surface area contributed by atoms with Crippen molar-refractivity contribution < 1.29 is 0 Å². The topological polar surface area (TPSA) is 28.7 Å². The molecule has 1 rings (SSSR count). The zero-order valence-corrected chi connectivity index (χ0v) is 14.4. The molecule has 0 amide bonds. The summed E-state index contributed by atoms with van der Waals surface area (Å²) in [7, 11) is 0. The third-order valence-electron chi connectivity index (χ3n) is 4.50. The van der Waals surface area contributed by atoms with Crippen LogP contribution >= 0.6 is 0 Å². The molecule has 0 radical (unpaired) electrons. The molecule has 1 N–H and O–H groups in total. The Morgan fingerprint density at radius 3 is 1.65 bits per heavy atom. The summed E-state index contributed by atoms with van der Waals surface area (Å²) in [5, 5.41) is 0. The van der Waals surface area contributed by atoms with Crippen LogP contribution in [0.4, 0.5) is 0 Å². The van der Waals surface area contributed by atoms with E-state index in [1.165, 1.54) is 11.4 Å². The second-order valence-electron chi connectivity index (χ2n) is 8.03. The summed E-state index contributed by atoms with van der Waals surface area (Å²) in [6, 6.07) is 0. The van der Waals surface area contributed by atoms with Crippen molar-refractivity contribution in [3.05, 3.63) is 17.2 Å². The van der Waals surface area contributed by atoms with Crippen molar-refractivity contribution in [2.24, 2.45) is 0 Å². The number of imidazole rings is 1. The Kier molecular flexibility index (Phi) is 7.18. The first-order valence-corrected chi connectivity index (χ1v) is 7.57. The van der Waals surface area contributed by atoms with Crippen LogP contribution in [0.1, 0.15) is 92.4 Å². The van der Waals surface area contributed by atoms with Gasteiger partial charge in [0.05, 0.1) is 5.69 Å². The Morgan fingerprint density at radius 2 is 1.30 bits per heavy atom. The third kappa shape index (κ3) is 4.39. The molecule has 0 saturated carbocycles. The van der Waals surface area contributed by atoms with E-state index < -0.39 is 0 Å². The van der Waals surface area contributed by atoms with E-state index in [1.807, 2.05) is 0 Å². The molecule has 1 heterocycles. The average Bonchev–Trinajstić information content (AvgIpc) is 2.74. The van der Waals surface area contributed by atoms with Crippen molar-refractivity contribution in [1.29, 1.82) is 0 Å². The zero-order valence-electron chi connectivity index (χ0n) is 14.4. The van der Waals surface area contributed by atoms with Crippen molar-refractivity contribution in [1.82, 2.24) is 9.97 Å². The molecule has 0 fully saturated rings. The van der Waals surface area contributed by atoms with Crippen LogP contribution < -0.4 is 0 Å². The first-order chi connectivity index (χ1) is 8.45. The predicted molar refractivity (Wildman–Crippen MR) is 92.5 cm³/mol. The summed E-state index contributed by atoms with van der Waals surface area (Å²) in [5.74, 6) is 1.11. The second kappa shape index (κ2) is 6.91. The number of nitrogens with one attached hydrogen (secondary N) is 1. The van der Waals surface area contributed by atoms with Gasteiger partial charge in [-0.3, -0.25) is 0 Å². The molecule has 20 heavy (non-hydrogen) atoms. The molecule has 0 spiro atoms. The van der Waals surface area contributed by atoms with E-state index in [4.69, 9.17) is 4.98 Å².